The molecule has 4 amide bonds. The van der Waals surface area contributed by atoms with Crippen LogP contribution in [-0.2, 0) is 16.6 Å². The van der Waals surface area contributed by atoms with Gasteiger partial charge in [0.25, 0.3) is 5.91 Å². The number of hydrogen-bond acceptors (Lipinski definition) is 6. The van der Waals surface area contributed by atoms with Crippen molar-refractivity contribution in [2.45, 2.75) is 0 Å². The Balaban J connectivity index is 1.21. The zero-order chi connectivity index (χ0) is 28.7. The van der Waals surface area contributed by atoms with Crippen molar-refractivity contribution in [3.05, 3.63) is 91.1 Å². The fourth-order valence-corrected chi connectivity index (χ4v) is 4.28. The smallest absolute Gasteiger partial charge is 0.354 e. The number of hydrogen-bond donors (Lipinski definition) is 1. The monoisotopic (exact) mass is 555 g/mol. The molecule has 13 heteroatoms. The van der Waals surface area contributed by atoms with Gasteiger partial charge in [-0.15, -0.1) is 0 Å². The van der Waals surface area contributed by atoms with E-state index in [9.17, 15) is 18.8 Å². The molecule has 1 unspecified atom stereocenters. The van der Waals surface area contributed by atoms with Crippen LogP contribution in [0.25, 0.3) is 16.8 Å². The predicted octanol–water partition coefficient (Wildman–Crippen LogP) is 4.60. The van der Waals surface area contributed by atoms with E-state index in [4.69, 9.17) is 4.74 Å². The van der Waals surface area contributed by atoms with Crippen LogP contribution in [0.3, 0.4) is 0 Å². The Kier molecular flexibility index (Phi) is 6.30. The SMILES string of the molecule is Cn1cnc(-c2cc(Oc3ccc(NC(=O)C4C=NC(=O)N(c5ccc(F)cc5)C4=O)cc3F)c3ccnn3c2)c1. The molecule has 1 aliphatic rings. The summed E-state index contributed by atoms with van der Waals surface area (Å²) >= 11 is 0. The number of anilines is 2. The van der Waals surface area contributed by atoms with Crippen LogP contribution in [-0.4, -0.2) is 43.2 Å². The van der Waals surface area contributed by atoms with Crippen LogP contribution in [0.5, 0.6) is 11.5 Å². The number of imide groups is 1. The molecule has 4 heterocycles. The molecule has 0 saturated carbocycles. The number of urea groups is 1. The molecule has 0 bridgehead atoms. The number of halogens is 2. The van der Waals surface area contributed by atoms with Crippen LogP contribution in [0.2, 0.25) is 0 Å². The van der Waals surface area contributed by atoms with E-state index < -0.39 is 35.4 Å². The van der Waals surface area contributed by atoms with Gasteiger partial charge in [-0.05, 0) is 48.5 Å². The number of nitrogens with zero attached hydrogens (tertiary/aromatic N) is 6. The minimum Gasteiger partial charge on any atom is -0.452 e. The molecular weight excluding hydrogens is 536 g/mol. The Morgan fingerprint density at radius 3 is 2.54 bits per heavy atom. The van der Waals surface area contributed by atoms with Crippen molar-refractivity contribution in [3.63, 3.8) is 0 Å². The van der Waals surface area contributed by atoms with Crippen molar-refractivity contribution >= 4 is 41.0 Å². The van der Waals surface area contributed by atoms with Gasteiger partial charge in [0.2, 0.25) is 5.91 Å². The number of imidazole rings is 1. The maximum atomic E-state index is 15.1. The van der Waals surface area contributed by atoms with E-state index in [0.717, 1.165) is 24.4 Å². The predicted molar refractivity (Wildman–Crippen MR) is 144 cm³/mol. The fraction of sp³-hybridized carbons (Fsp3) is 0.0714. The number of rotatable bonds is 6. The average Bonchev–Trinajstić information content (AvgIpc) is 3.60. The van der Waals surface area contributed by atoms with Crippen molar-refractivity contribution < 1.29 is 27.9 Å². The van der Waals surface area contributed by atoms with Crippen molar-refractivity contribution in [1.82, 2.24) is 19.2 Å². The molecule has 204 valence electrons. The van der Waals surface area contributed by atoms with Gasteiger partial charge in [0.1, 0.15) is 11.3 Å². The molecule has 3 aromatic heterocycles. The largest absolute Gasteiger partial charge is 0.452 e. The number of benzene rings is 2. The number of amides is 4. The number of nitrogens with one attached hydrogen (secondary N) is 1. The van der Waals surface area contributed by atoms with Gasteiger partial charge in [-0.2, -0.15) is 5.10 Å². The van der Waals surface area contributed by atoms with Gasteiger partial charge in [-0.25, -0.2) is 33.0 Å². The van der Waals surface area contributed by atoms with E-state index in [1.54, 1.807) is 39.9 Å². The van der Waals surface area contributed by atoms with Gasteiger partial charge >= 0.3 is 6.03 Å². The number of pyridine rings is 1. The number of carbonyl (C=O) groups excluding carboxylic acids is 3. The Bertz CT molecular complexity index is 1860. The third kappa shape index (κ3) is 4.91. The van der Waals surface area contributed by atoms with Gasteiger partial charge in [-0.1, -0.05) is 0 Å². The van der Waals surface area contributed by atoms with E-state index in [1.807, 2.05) is 13.2 Å². The van der Waals surface area contributed by atoms with Crippen LogP contribution < -0.4 is 15.0 Å². The lowest BCUT2D eigenvalue weighted by Crippen LogP contribution is -2.47. The third-order valence-corrected chi connectivity index (χ3v) is 6.27. The third-order valence-electron chi connectivity index (χ3n) is 6.27. The van der Waals surface area contributed by atoms with Gasteiger partial charge in [-0.3, -0.25) is 9.59 Å². The Morgan fingerprint density at radius 2 is 1.80 bits per heavy atom. The molecule has 0 spiro atoms. The molecule has 0 fully saturated rings. The molecule has 2 aromatic carbocycles. The molecule has 6 rings (SSSR count). The summed E-state index contributed by atoms with van der Waals surface area (Å²) in [6.07, 6.45) is 7.75. The second kappa shape index (κ2) is 10.1. The Hall–Kier alpha value is -5.72. The quantitative estimate of drug-likeness (QED) is 0.306. The van der Waals surface area contributed by atoms with E-state index >= 15 is 4.39 Å². The summed E-state index contributed by atoms with van der Waals surface area (Å²) < 4.78 is 37.7. The first-order chi connectivity index (χ1) is 19.8. The van der Waals surface area contributed by atoms with E-state index in [2.05, 4.69) is 20.4 Å². The lowest BCUT2D eigenvalue weighted by atomic mass is 10.1. The van der Waals surface area contributed by atoms with Crippen LogP contribution in [0.15, 0.2) is 84.5 Å². The molecule has 0 saturated heterocycles. The zero-order valence-electron chi connectivity index (χ0n) is 21.2. The highest BCUT2D eigenvalue weighted by Gasteiger charge is 2.37. The molecule has 0 radical (unpaired) electrons. The summed E-state index contributed by atoms with van der Waals surface area (Å²) in [5.74, 6) is -4.32. The summed E-state index contributed by atoms with van der Waals surface area (Å²) in [7, 11) is 1.84. The Labute approximate surface area is 230 Å². The van der Waals surface area contributed by atoms with E-state index in [0.29, 0.717) is 27.4 Å². The van der Waals surface area contributed by atoms with Crippen molar-refractivity contribution in [2.24, 2.45) is 18.0 Å². The highest BCUT2D eigenvalue weighted by Crippen LogP contribution is 2.33. The lowest BCUT2D eigenvalue weighted by molar-refractivity contribution is -0.127. The number of aliphatic imine (C=N–C) groups is 1. The number of fused-ring (bicyclic) bond motifs is 1. The minimum atomic E-state index is -1.47. The minimum absolute atomic E-state index is 0.0445. The highest BCUT2D eigenvalue weighted by atomic mass is 19.1. The normalized spacial score (nSPS) is 15.0. The maximum absolute atomic E-state index is 15.1. The van der Waals surface area contributed by atoms with Crippen LogP contribution in [0, 0.1) is 17.6 Å². The number of carbonyl (C=O) groups is 3. The summed E-state index contributed by atoms with van der Waals surface area (Å²) in [4.78, 5) is 46.7. The highest BCUT2D eigenvalue weighted by molar-refractivity contribution is 6.31. The topological polar surface area (TPSA) is 123 Å². The summed E-state index contributed by atoms with van der Waals surface area (Å²) in [5, 5.41) is 6.71. The molecule has 11 nitrogen and oxygen atoms in total. The Morgan fingerprint density at radius 1 is 1.00 bits per heavy atom. The van der Waals surface area contributed by atoms with Crippen molar-refractivity contribution in [1.29, 1.82) is 0 Å². The van der Waals surface area contributed by atoms with Crippen LogP contribution in [0.1, 0.15) is 0 Å². The maximum Gasteiger partial charge on any atom is 0.354 e. The van der Waals surface area contributed by atoms with Crippen molar-refractivity contribution in [2.75, 3.05) is 10.2 Å². The first-order valence-corrected chi connectivity index (χ1v) is 12.2. The molecule has 41 heavy (non-hydrogen) atoms. The van der Waals surface area contributed by atoms with Crippen molar-refractivity contribution in [3.8, 4) is 22.8 Å². The van der Waals surface area contributed by atoms with E-state index in [1.165, 1.54) is 24.3 Å². The zero-order valence-corrected chi connectivity index (χ0v) is 21.2. The second-order valence-electron chi connectivity index (χ2n) is 9.10. The van der Waals surface area contributed by atoms with Gasteiger partial charge in [0, 0.05) is 43.0 Å². The first kappa shape index (κ1) is 25.6. The first-order valence-electron chi connectivity index (χ1n) is 12.2. The molecule has 1 aliphatic heterocycles. The van der Waals surface area contributed by atoms with Crippen LogP contribution in [0.4, 0.5) is 25.0 Å². The summed E-state index contributed by atoms with van der Waals surface area (Å²) in [6, 6.07) is 10.9. The summed E-state index contributed by atoms with van der Waals surface area (Å²) in [5.41, 5.74) is 2.07. The van der Waals surface area contributed by atoms with E-state index in [-0.39, 0.29) is 17.1 Å². The lowest BCUT2D eigenvalue weighted by Gasteiger charge is -2.25. The molecular formula is C28H19F2N7O4. The number of aromatic nitrogens is 4. The standard InChI is InChI=1S/C28H19F2N7O4/c1-35-14-22(32-15-35)16-10-25(23-8-9-33-36(23)13-16)41-24-7-4-18(11-21(24)30)34-26(38)20-12-31-28(40)37(27(20)39)19-5-2-17(29)3-6-19/h2-15,20H,1H3,(H,34,38). The molecule has 1 atom stereocenters. The number of ether oxygens (including phenoxy) is 1. The molecule has 5 aromatic rings. The van der Waals surface area contributed by atoms with Gasteiger partial charge in [0.05, 0.1) is 23.9 Å². The molecule has 0 aliphatic carbocycles. The average molecular weight is 556 g/mol. The molecule has 1 N–H and O–H groups in total. The fourth-order valence-electron chi connectivity index (χ4n) is 4.28. The number of aryl methyl sites for hydroxylation is 1. The van der Waals surface area contributed by atoms with Gasteiger partial charge < -0.3 is 14.6 Å². The second-order valence-corrected chi connectivity index (χ2v) is 9.10. The van der Waals surface area contributed by atoms with Gasteiger partial charge in [0.15, 0.2) is 23.2 Å². The van der Waals surface area contributed by atoms with Crippen LogP contribution >= 0.6 is 0 Å². The summed E-state index contributed by atoms with van der Waals surface area (Å²) in [6.45, 7) is 0.